The Balaban J connectivity index is 2.41. The van der Waals surface area contributed by atoms with Crippen molar-refractivity contribution >= 4 is 12.7 Å². The maximum atomic E-state index is 9.06. The SMILES string of the molecule is C[C@@H]1c2cc(B(O)O)ncc2CCN1C. The van der Waals surface area contributed by atoms with Crippen molar-refractivity contribution in [1.29, 1.82) is 0 Å². The fourth-order valence-corrected chi connectivity index (χ4v) is 1.98. The average Bonchev–Trinajstić information content (AvgIpc) is 2.23. The maximum absolute atomic E-state index is 9.06. The van der Waals surface area contributed by atoms with E-state index in [0.717, 1.165) is 18.5 Å². The number of nitrogens with zero attached hydrogens (tertiary/aromatic N) is 2. The Bertz CT molecular complexity index is 370. The molecule has 0 aliphatic carbocycles. The van der Waals surface area contributed by atoms with Crippen LogP contribution in [0.15, 0.2) is 12.3 Å². The van der Waals surface area contributed by atoms with Crippen LogP contribution in [0.3, 0.4) is 0 Å². The number of hydrogen-bond donors (Lipinski definition) is 2. The van der Waals surface area contributed by atoms with Crippen molar-refractivity contribution in [3.8, 4) is 0 Å². The van der Waals surface area contributed by atoms with Crippen LogP contribution < -0.4 is 5.59 Å². The van der Waals surface area contributed by atoms with Gasteiger partial charge in [0.15, 0.2) is 0 Å². The summed E-state index contributed by atoms with van der Waals surface area (Å²) in [6, 6.07) is 2.11. The van der Waals surface area contributed by atoms with E-state index in [-0.39, 0.29) is 0 Å². The van der Waals surface area contributed by atoms with E-state index in [1.165, 1.54) is 5.56 Å². The fourth-order valence-electron chi connectivity index (χ4n) is 1.98. The molecule has 0 saturated heterocycles. The number of aromatic nitrogens is 1. The van der Waals surface area contributed by atoms with Gasteiger partial charge in [-0.1, -0.05) is 0 Å². The van der Waals surface area contributed by atoms with Crippen LogP contribution in [-0.2, 0) is 6.42 Å². The van der Waals surface area contributed by atoms with Gasteiger partial charge in [-0.3, -0.25) is 9.88 Å². The lowest BCUT2D eigenvalue weighted by Gasteiger charge is -2.32. The van der Waals surface area contributed by atoms with Gasteiger partial charge in [0, 0.05) is 18.8 Å². The molecule has 1 atom stereocenters. The lowest BCUT2D eigenvalue weighted by atomic mass is 9.82. The largest absolute Gasteiger partial charge is 0.508 e. The average molecular weight is 206 g/mol. The molecule has 2 rings (SSSR count). The highest BCUT2D eigenvalue weighted by Gasteiger charge is 2.23. The number of likely N-dealkylation sites (N-methyl/N-ethyl adjacent to an activating group) is 1. The monoisotopic (exact) mass is 206 g/mol. The predicted octanol–water partition coefficient (Wildman–Crippen LogP) is -0.690. The zero-order chi connectivity index (χ0) is 11.0. The molecule has 0 amide bonds. The summed E-state index contributed by atoms with van der Waals surface area (Å²) in [4.78, 5) is 6.28. The molecule has 1 aliphatic heterocycles. The summed E-state index contributed by atoms with van der Waals surface area (Å²) in [6.45, 7) is 3.14. The Hall–Kier alpha value is -0.905. The van der Waals surface area contributed by atoms with Crippen LogP contribution in [0, 0.1) is 0 Å². The molecule has 0 unspecified atom stereocenters. The first-order chi connectivity index (χ1) is 7.09. The van der Waals surface area contributed by atoms with Gasteiger partial charge in [0.25, 0.3) is 0 Å². The second-order valence-corrected chi connectivity index (χ2v) is 4.09. The first kappa shape index (κ1) is 10.6. The van der Waals surface area contributed by atoms with Crippen molar-refractivity contribution in [3.05, 3.63) is 23.4 Å². The van der Waals surface area contributed by atoms with Gasteiger partial charge in [0.1, 0.15) is 0 Å². The molecule has 5 heteroatoms. The van der Waals surface area contributed by atoms with Crippen molar-refractivity contribution in [2.45, 2.75) is 19.4 Å². The lowest BCUT2D eigenvalue weighted by Crippen LogP contribution is -2.36. The highest BCUT2D eigenvalue weighted by Crippen LogP contribution is 2.26. The zero-order valence-electron chi connectivity index (χ0n) is 9.01. The lowest BCUT2D eigenvalue weighted by molar-refractivity contribution is 0.247. The molecule has 1 aromatic heterocycles. The van der Waals surface area contributed by atoms with Crippen LogP contribution in [-0.4, -0.2) is 40.6 Å². The second-order valence-electron chi connectivity index (χ2n) is 4.09. The minimum absolute atomic E-state index is 0.314. The van der Waals surface area contributed by atoms with E-state index in [1.54, 1.807) is 12.3 Å². The Kier molecular flexibility index (Phi) is 2.77. The van der Waals surface area contributed by atoms with E-state index in [4.69, 9.17) is 10.0 Å². The highest BCUT2D eigenvalue weighted by molar-refractivity contribution is 6.57. The van der Waals surface area contributed by atoms with Crippen molar-refractivity contribution in [1.82, 2.24) is 9.88 Å². The number of pyridine rings is 1. The quantitative estimate of drug-likeness (QED) is 0.597. The van der Waals surface area contributed by atoms with Gasteiger partial charge in [-0.15, -0.1) is 0 Å². The van der Waals surface area contributed by atoms with Crippen LogP contribution in [0.2, 0.25) is 0 Å². The summed E-state index contributed by atoms with van der Waals surface area (Å²) in [5.74, 6) is 0. The molecule has 15 heavy (non-hydrogen) atoms. The van der Waals surface area contributed by atoms with Crippen LogP contribution >= 0.6 is 0 Å². The summed E-state index contributed by atoms with van der Waals surface area (Å²) in [7, 11) is 0.595. The molecule has 1 aliphatic rings. The van der Waals surface area contributed by atoms with E-state index in [2.05, 4.69) is 23.9 Å². The Labute approximate surface area is 89.7 Å². The van der Waals surface area contributed by atoms with Gasteiger partial charge >= 0.3 is 7.12 Å². The van der Waals surface area contributed by atoms with Crippen LogP contribution in [0.4, 0.5) is 0 Å². The molecule has 0 radical (unpaired) electrons. The molecule has 80 valence electrons. The van der Waals surface area contributed by atoms with Gasteiger partial charge in [-0.2, -0.15) is 0 Å². The first-order valence-corrected chi connectivity index (χ1v) is 5.14. The molecule has 1 aromatic rings. The maximum Gasteiger partial charge on any atom is 0.508 e. The third-order valence-electron chi connectivity index (χ3n) is 3.15. The van der Waals surface area contributed by atoms with E-state index in [0.29, 0.717) is 11.6 Å². The zero-order valence-corrected chi connectivity index (χ0v) is 9.01. The van der Waals surface area contributed by atoms with E-state index in [9.17, 15) is 0 Å². The molecule has 0 spiro atoms. The standard InChI is InChI=1S/C10H15BN2O2/c1-7-9-5-10(11(14)15)12-6-8(9)3-4-13(7)2/h5-7,14-15H,3-4H2,1-2H3/t7-/m1/s1. The van der Waals surface area contributed by atoms with E-state index in [1.807, 2.05) is 0 Å². The molecule has 0 fully saturated rings. The molecule has 0 bridgehead atoms. The van der Waals surface area contributed by atoms with Crippen LogP contribution in [0.1, 0.15) is 24.1 Å². The smallest absolute Gasteiger partial charge is 0.422 e. The number of hydrogen-bond acceptors (Lipinski definition) is 4. The van der Waals surface area contributed by atoms with Crippen molar-refractivity contribution < 1.29 is 10.0 Å². The first-order valence-electron chi connectivity index (χ1n) is 5.14. The van der Waals surface area contributed by atoms with Crippen molar-refractivity contribution in [3.63, 3.8) is 0 Å². The summed E-state index contributed by atoms with van der Waals surface area (Å²) in [5, 5.41) is 18.1. The molecule has 0 saturated carbocycles. The summed E-state index contributed by atoms with van der Waals surface area (Å²) in [5.41, 5.74) is 2.70. The van der Waals surface area contributed by atoms with Gasteiger partial charge in [0.2, 0.25) is 0 Å². The minimum atomic E-state index is -1.48. The fraction of sp³-hybridized carbons (Fsp3) is 0.500. The number of fused-ring (bicyclic) bond motifs is 1. The molecular formula is C10H15BN2O2. The molecular weight excluding hydrogens is 191 g/mol. The molecule has 0 aromatic carbocycles. The Morgan fingerprint density at radius 1 is 1.53 bits per heavy atom. The van der Waals surface area contributed by atoms with E-state index >= 15 is 0 Å². The van der Waals surface area contributed by atoms with Gasteiger partial charge < -0.3 is 10.0 Å². The Morgan fingerprint density at radius 3 is 2.93 bits per heavy atom. The molecule has 2 heterocycles. The summed E-state index contributed by atoms with van der Waals surface area (Å²) < 4.78 is 0. The topological polar surface area (TPSA) is 56.6 Å². The van der Waals surface area contributed by atoms with Crippen LogP contribution in [0.5, 0.6) is 0 Å². The molecule has 4 nitrogen and oxygen atoms in total. The third-order valence-corrected chi connectivity index (χ3v) is 3.15. The minimum Gasteiger partial charge on any atom is -0.422 e. The Morgan fingerprint density at radius 2 is 2.27 bits per heavy atom. The van der Waals surface area contributed by atoms with Crippen LogP contribution in [0.25, 0.3) is 0 Å². The van der Waals surface area contributed by atoms with Crippen molar-refractivity contribution in [2.24, 2.45) is 0 Å². The predicted molar refractivity (Wildman–Crippen MR) is 58.8 cm³/mol. The summed E-state index contributed by atoms with van der Waals surface area (Å²) >= 11 is 0. The highest BCUT2D eigenvalue weighted by atomic mass is 16.4. The second kappa shape index (κ2) is 3.92. The molecule has 2 N–H and O–H groups in total. The third kappa shape index (κ3) is 1.90. The van der Waals surface area contributed by atoms with Gasteiger partial charge in [-0.25, -0.2) is 0 Å². The normalized spacial score (nSPS) is 21.2. The van der Waals surface area contributed by atoms with Gasteiger partial charge in [0.05, 0.1) is 5.59 Å². The number of rotatable bonds is 1. The van der Waals surface area contributed by atoms with Gasteiger partial charge in [-0.05, 0) is 37.6 Å². The van der Waals surface area contributed by atoms with Crippen molar-refractivity contribution in [2.75, 3.05) is 13.6 Å². The summed E-state index contributed by atoms with van der Waals surface area (Å²) in [6.07, 6.45) is 2.73. The van der Waals surface area contributed by atoms with E-state index < -0.39 is 7.12 Å².